The number of sulfonamides is 1. The highest BCUT2D eigenvalue weighted by molar-refractivity contribution is 7.98. The van der Waals surface area contributed by atoms with Crippen LogP contribution in [0.3, 0.4) is 0 Å². The lowest BCUT2D eigenvalue weighted by Crippen LogP contribution is -2.29. The van der Waals surface area contributed by atoms with Crippen molar-refractivity contribution in [1.82, 2.24) is 19.5 Å². The second-order valence-electron chi connectivity index (χ2n) is 7.34. The van der Waals surface area contributed by atoms with E-state index in [0.717, 1.165) is 17.7 Å². The molecular weight excluding hydrogens is 518 g/mol. The van der Waals surface area contributed by atoms with Crippen LogP contribution >= 0.6 is 35.0 Å². The van der Waals surface area contributed by atoms with Gasteiger partial charge in [-0.2, -0.15) is 0 Å². The van der Waals surface area contributed by atoms with E-state index in [1.54, 1.807) is 29.7 Å². The van der Waals surface area contributed by atoms with Crippen LogP contribution in [0.5, 0.6) is 0 Å². The van der Waals surface area contributed by atoms with Gasteiger partial charge in [-0.15, -0.1) is 10.2 Å². The fourth-order valence-electron chi connectivity index (χ4n) is 3.23. The molecule has 0 amide bonds. The van der Waals surface area contributed by atoms with Crippen LogP contribution in [0.25, 0.3) is 5.69 Å². The van der Waals surface area contributed by atoms with Crippen molar-refractivity contribution in [2.24, 2.45) is 0 Å². The average Bonchev–Trinajstić information content (AvgIpc) is 3.22. The molecule has 3 aromatic carbocycles. The van der Waals surface area contributed by atoms with Crippen LogP contribution in [0.1, 0.15) is 24.4 Å². The molecule has 1 unspecified atom stereocenters. The first-order valence-electron chi connectivity index (χ1n) is 10.1. The molecule has 1 heterocycles. The molecule has 0 saturated carbocycles. The van der Waals surface area contributed by atoms with E-state index in [4.69, 9.17) is 23.2 Å². The van der Waals surface area contributed by atoms with Crippen LogP contribution in [0.15, 0.2) is 82.8 Å². The first-order valence-corrected chi connectivity index (χ1v) is 13.3. The molecule has 0 aliphatic rings. The molecule has 1 N–H and O–H groups in total. The summed E-state index contributed by atoms with van der Waals surface area (Å²) in [6.07, 6.45) is 0. The van der Waals surface area contributed by atoms with Crippen molar-refractivity contribution in [2.75, 3.05) is 0 Å². The Kier molecular flexibility index (Phi) is 7.59. The molecule has 0 saturated heterocycles. The largest absolute Gasteiger partial charge is 0.271 e. The first kappa shape index (κ1) is 24.7. The number of aromatic nitrogens is 3. The standard InChI is InChI=1S/C23H19Cl2FN4O2S2/c1-15(29-34(31,32)19-10-8-18(26)9-11-19)22-27-28-23(33-14-16-5-3-2-4-6-16)30(22)21-12-7-17(24)13-20(21)25/h2-13,15,29H,14H2,1H3. The highest BCUT2D eigenvalue weighted by Gasteiger charge is 2.25. The summed E-state index contributed by atoms with van der Waals surface area (Å²) in [6.45, 7) is 1.65. The second-order valence-corrected chi connectivity index (χ2v) is 10.8. The Morgan fingerprint density at radius 1 is 1.03 bits per heavy atom. The third kappa shape index (κ3) is 5.61. The van der Waals surface area contributed by atoms with E-state index in [2.05, 4.69) is 14.9 Å². The molecule has 0 aliphatic heterocycles. The van der Waals surface area contributed by atoms with Gasteiger partial charge in [0.25, 0.3) is 0 Å². The molecule has 4 aromatic rings. The SMILES string of the molecule is CC(NS(=O)(=O)c1ccc(F)cc1)c1nnc(SCc2ccccc2)n1-c1ccc(Cl)cc1Cl. The minimum Gasteiger partial charge on any atom is -0.271 e. The Balaban J connectivity index is 1.69. The predicted octanol–water partition coefficient (Wildman–Crippen LogP) is 6.05. The maximum absolute atomic E-state index is 13.2. The van der Waals surface area contributed by atoms with Crippen molar-refractivity contribution >= 4 is 45.0 Å². The van der Waals surface area contributed by atoms with Crippen LogP contribution in [-0.2, 0) is 15.8 Å². The number of rotatable bonds is 8. The average molecular weight is 537 g/mol. The van der Waals surface area contributed by atoms with Crippen LogP contribution in [-0.4, -0.2) is 23.2 Å². The van der Waals surface area contributed by atoms with E-state index < -0.39 is 21.9 Å². The molecule has 1 aromatic heterocycles. The zero-order valence-electron chi connectivity index (χ0n) is 17.8. The van der Waals surface area contributed by atoms with E-state index in [0.29, 0.717) is 32.5 Å². The van der Waals surface area contributed by atoms with Gasteiger partial charge in [-0.1, -0.05) is 65.3 Å². The van der Waals surface area contributed by atoms with Crippen LogP contribution in [0.2, 0.25) is 10.0 Å². The maximum atomic E-state index is 13.2. The molecule has 1 atom stereocenters. The Hall–Kier alpha value is -2.43. The molecule has 0 radical (unpaired) electrons. The number of thioether (sulfide) groups is 1. The molecule has 34 heavy (non-hydrogen) atoms. The number of hydrogen-bond acceptors (Lipinski definition) is 5. The monoisotopic (exact) mass is 536 g/mol. The Bertz CT molecular complexity index is 1400. The van der Waals surface area contributed by atoms with Gasteiger partial charge >= 0.3 is 0 Å². The summed E-state index contributed by atoms with van der Waals surface area (Å²) >= 11 is 14.0. The lowest BCUT2D eigenvalue weighted by atomic mass is 10.2. The van der Waals surface area contributed by atoms with Crippen molar-refractivity contribution in [3.8, 4) is 5.69 Å². The fourth-order valence-corrected chi connectivity index (χ4v) is 5.84. The molecule has 0 aliphatic carbocycles. The van der Waals surface area contributed by atoms with Crippen LogP contribution in [0.4, 0.5) is 4.39 Å². The number of hydrogen-bond donors (Lipinski definition) is 1. The van der Waals surface area contributed by atoms with Gasteiger partial charge < -0.3 is 0 Å². The minimum absolute atomic E-state index is 0.0602. The summed E-state index contributed by atoms with van der Waals surface area (Å²) in [5.41, 5.74) is 1.66. The third-order valence-corrected chi connectivity index (χ3v) is 7.96. The van der Waals surface area contributed by atoms with Crippen molar-refractivity contribution in [3.05, 3.63) is 100 Å². The van der Waals surface area contributed by atoms with E-state index in [1.807, 2.05) is 30.3 Å². The summed E-state index contributed by atoms with van der Waals surface area (Å²) in [7, 11) is -3.94. The molecule has 0 spiro atoms. The van der Waals surface area contributed by atoms with Gasteiger partial charge in [-0.3, -0.25) is 4.57 Å². The molecule has 6 nitrogen and oxygen atoms in total. The van der Waals surface area contributed by atoms with Crippen molar-refractivity contribution in [2.45, 2.75) is 28.8 Å². The summed E-state index contributed by atoms with van der Waals surface area (Å²) < 4.78 is 43.3. The van der Waals surface area contributed by atoms with E-state index in [9.17, 15) is 12.8 Å². The number of nitrogens with one attached hydrogen (secondary N) is 1. The van der Waals surface area contributed by atoms with Gasteiger partial charge in [0.15, 0.2) is 11.0 Å². The molecule has 0 bridgehead atoms. The highest BCUT2D eigenvalue weighted by atomic mass is 35.5. The Labute approximate surface area is 211 Å². The fraction of sp³-hybridized carbons (Fsp3) is 0.130. The Morgan fingerprint density at radius 3 is 2.41 bits per heavy atom. The topological polar surface area (TPSA) is 76.9 Å². The maximum Gasteiger partial charge on any atom is 0.241 e. The molecular formula is C23H19Cl2FN4O2S2. The van der Waals surface area contributed by atoms with Gasteiger partial charge in [-0.25, -0.2) is 17.5 Å². The molecule has 4 rings (SSSR count). The normalized spacial score (nSPS) is 12.6. The van der Waals surface area contributed by atoms with Crippen molar-refractivity contribution in [3.63, 3.8) is 0 Å². The molecule has 0 fully saturated rings. The van der Waals surface area contributed by atoms with Crippen molar-refractivity contribution < 1.29 is 12.8 Å². The van der Waals surface area contributed by atoms with Crippen LogP contribution in [0, 0.1) is 5.82 Å². The smallest absolute Gasteiger partial charge is 0.241 e. The zero-order chi connectivity index (χ0) is 24.3. The predicted molar refractivity (Wildman–Crippen MR) is 133 cm³/mol. The van der Waals surface area contributed by atoms with Gasteiger partial charge in [0.2, 0.25) is 10.0 Å². The van der Waals surface area contributed by atoms with Gasteiger partial charge in [0.05, 0.1) is 21.6 Å². The van der Waals surface area contributed by atoms with E-state index in [1.165, 1.54) is 23.9 Å². The number of halogens is 3. The Morgan fingerprint density at radius 2 is 1.74 bits per heavy atom. The number of benzene rings is 3. The van der Waals surface area contributed by atoms with Crippen molar-refractivity contribution in [1.29, 1.82) is 0 Å². The third-order valence-electron chi connectivity index (χ3n) is 4.86. The van der Waals surface area contributed by atoms with E-state index >= 15 is 0 Å². The lowest BCUT2D eigenvalue weighted by molar-refractivity contribution is 0.555. The highest BCUT2D eigenvalue weighted by Crippen LogP contribution is 2.32. The minimum atomic E-state index is -3.94. The van der Waals surface area contributed by atoms with Gasteiger partial charge in [-0.05, 0) is 55.0 Å². The quantitative estimate of drug-likeness (QED) is 0.277. The lowest BCUT2D eigenvalue weighted by Gasteiger charge is -2.17. The first-order chi connectivity index (χ1) is 16.2. The summed E-state index contributed by atoms with van der Waals surface area (Å²) in [4.78, 5) is -0.0602. The summed E-state index contributed by atoms with van der Waals surface area (Å²) in [5.74, 6) is 0.439. The van der Waals surface area contributed by atoms with Gasteiger partial charge in [0.1, 0.15) is 5.82 Å². The summed E-state index contributed by atoms with van der Waals surface area (Å²) in [5, 5.41) is 9.95. The second kappa shape index (κ2) is 10.5. The zero-order valence-corrected chi connectivity index (χ0v) is 21.0. The molecule has 176 valence electrons. The summed E-state index contributed by atoms with van der Waals surface area (Å²) in [6, 6.07) is 18.7. The number of nitrogens with zero attached hydrogens (tertiary/aromatic N) is 3. The van der Waals surface area contributed by atoms with Crippen LogP contribution < -0.4 is 4.72 Å². The van der Waals surface area contributed by atoms with E-state index in [-0.39, 0.29) is 4.90 Å². The van der Waals surface area contributed by atoms with Gasteiger partial charge in [0, 0.05) is 10.8 Å². The molecule has 11 heteroatoms.